The first kappa shape index (κ1) is 17.5. The van der Waals surface area contributed by atoms with Crippen LogP contribution in [0, 0.1) is 0 Å². The summed E-state index contributed by atoms with van der Waals surface area (Å²) in [7, 11) is 1.57. The lowest BCUT2D eigenvalue weighted by Gasteiger charge is -2.09. The Balaban J connectivity index is 1.76. The molecule has 0 aliphatic heterocycles. The minimum absolute atomic E-state index is 0.273. The third-order valence-electron chi connectivity index (χ3n) is 4.27. The number of benzene rings is 2. The summed E-state index contributed by atoms with van der Waals surface area (Å²) < 4.78 is 7.02. The zero-order chi connectivity index (χ0) is 19.3. The fraction of sp³-hybridized carbons (Fsp3) is 0.0455. The van der Waals surface area contributed by atoms with Crippen LogP contribution in [0.4, 0.5) is 5.69 Å². The summed E-state index contributed by atoms with van der Waals surface area (Å²) >= 11 is 0. The average Bonchev–Trinajstić information content (AvgIpc) is 3.21. The number of amides is 1. The largest absolute Gasteiger partial charge is 0.495 e. The first-order valence-corrected chi connectivity index (χ1v) is 8.76. The third-order valence-corrected chi connectivity index (χ3v) is 4.27. The number of nitrogens with one attached hydrogen (secondary N) is 1. The lowest BCUT2D eigenvalue weighted by atomic mass is 10.1. The molecule has 2 aromatic carbocycles. The van der Waals surface area contributed by atoms with Crippen molar-refractivity contribution in [3.8, 4) is 22.7 Å². The Kier molecular flexibility index (Phi) is 4.84. The molecule has 0 atom stereocenters. The van der Waals surface area contributed by atoms with Crippen LogP contribution in [0.5, 0.6) is 5.75 Å². The zero-order valence-corrected chi connectivity index (χ0v) is 15.2. The second kappa shape index (κ2) is 7.75. The molecule has 0 radical (unpaired) electrons. The summed E-state index contributed by atoms with van der Waals surface area (Å²) in [4.78, 5) is 17.2. The van der Waals surface area contributed by atoms with Crippen LogP contribution in [0.3, 0.4) is 0 Å². The molecule has 138 valence electrons. The van der Waals surface area contributed by atoms with Crippen LogP contribution in [-0.4, -0.2) is 27.8 Å². The van der Waals surface area contributed by atoms with Crippen LogP contribution in [0.25, 0.3) is 16.9 Å². The van der Waals surface area contributed by atoms with Crippen molar-refractivity contribution in [1.82, 2.24) is 14.8 Å². The van der Waals surface area contributed by atoms with Crippen molar-refractivity contribution >= 4 is 11.6 Å². The number of nitrogens with zero attached hydrogens (tertiary/aromatic N) is 3. The number of hydrogen-bond donors (Lipinski definition) is 1. The van der Waals surface area contributed by atoms with E-state index < -0.39 is 0 Å². The molecule has 2 aromatic heterocycles. The number of ether oxygens (including phenoxy) is 1. The Morgan fingerprint density at radius 2 is 1.79 bits per heavy atom. The van der Waals surface area contributed by atoms with E-state index >= 15 is 0 Å². The number of carbonyl (C=O) groups is 1. The number of anilines is 1. The Morgan fingerprint density at radius 1 is 1.00 bits per heavy atom. The predicted molar refractivity (Wildman–Crippen MR) is 108 cm³/mol. The summed E-state index contributed by atoms with van der Waals surface area (Å²) in [6.45, 7) is 0. The first-order chi connectivity index (χ1) is 13.8. The highest BCUT2D eigenvalue weighted by Crippen LogP contribution is 2.27. The van der Waals surface area contributed by atoms with Gasteiger partial charge in [0.25, 0.3) is 5.91 Å². The second-order valence-corrected chi connectivity index (χ2v) is 6.07. The van der Waals surface area contributed by atoms with Gasteiger partial charge in [0.15, 0.2) is 0 Å². The minimum atomic E-state index is -0.273. The van der Waals surface area contributed by atoms with Gasteiger partial charge in [-0.15, -0.1) is 0 Å². The average molecular weight is 370 g/mol. The first-order valence-electron chi connectivity index (χ1n) is 8.76. The Morgan fingerprint density at radius 3 is 2.54 bits per heavy atom. The monoisotopic (exact) mass is 370 g/mol. The van der Waals surface area contributed by atoms with Crippen LogP contribution in [0.2, 0.25) is 0 Å². The number of carbonyl (C=O) groups excluding carboxylic acids is 1. The fourth-order valence-corrected chi connectivity index (χ4v) is 2.91. The molecule has 6 nitrogen and oxygen atoms in total. The van der Waals surface area contributed by atoms with Crippen LogP contribution in [-0.2, 0) is 0 Å². The maximum absolute atomic E-state index is 13.1. The molecular formula is C22H18N4O2. The summed E-state index contributed by atoms with van der Waals surface area (Å²) in [6, 6.07) is 20.6. The van der Waals surface area contributed by atoms with E-state index in [1.54, 1.807) is 42.5 Å². The molecule has 0 saturated heterocycles. The number of pyridine rings is 1. The Hall–Kier alpha value is -3.93. The van der Waals surface area contributed by atoms with Gasteiger partial charge in [0.05, 0.1) is 24.0 Å². The molecule has 4 rings (SSSR count). The number of aromatic nitrogens is 3. The normalized spacial score (nSPS) is 10.5. The minimum Gasteiger partial charge on any atom is -0.495 e. The SMILES string of the molecule is COc1ccccc1NC(=O)c1cn(-c2ccccc2)nc1-c1cccnc1. The molecule has 6 heteroatoms. The highest BCUT2D eigenvalue weighted by atomic mass is 16.5. The summed E-state index contributed by atoms with van der Waals surface area (Å²) in [5.74, 6) is 0.319. The van der Waals surface area contributed by atoms with E-state index in [4.69, 9.17) is 4.74 Å². The van der Waals surface area contributed by atoms with E-state index in [2.05, 4.69) is 15.4 Å². The van der Waals surface area contributed by atoms with Crippen LogP contribution >= 0.6 is 0 Å². The lowest BCUT2D eigenvalue weighted by Crippen LogP contribution is -2.13. The molecule has 0 saturated carbocycles. The van der Waals surface area contributed by atoms with Gasteiger partial charge in [-0.25, -0.2) is 4.68 Å². The molecule has 4 aromatic rings. The van der Waals surface area contributed by atoms with E-state index in [1.807, 2.05) is 54.6 Å². The van der Waals surface area contributed by atoms with Gasteiger partial charge in [-0.1, -0.05) is 30.3 Å². The van der Waals surface area contributed by atoms with Crippen molar-refractivity contribution < 1.29 is 9.53 Å². The lowest BCUT2D eigenvalue weighted by molar-refractivity contribution is 0.102. The fourth-order valence-electron chi connectivity index (χ4n) is 2.91. The van der Waals surface area contributed by atoms with E-state index in [1.165, 1.54) is 0 Å². The summed E-state index contributed by atoms with van der Waals surface area (Å²) in [5.41, 5.74) is 3.23. The number of para-hydroxylation sites is 3. The maximum Gasteiger partial charge on any atom is 0.259 e. The standard InChI is InChI=1S/C22H18N4O2/c1-28-20-12-6-5-11-19(20)24-22(27)18-15-26(17-9-3-2-4-10-17)25-21(18)16-8-7-13-23-14-16/h2-15H,1H3,(H,24,27). The molecular weight excluding hydrogens is 352 g/mol. The van der Waals surface area contributed by atoms with Crippen molar-refractivity contribution in [3.05, 3.63) is 90.9 Å². The van der Waals surface area contributed by atoms with Crippen molar-refractivity contribution in [2.24, 2.45) is 0 Å². The summed E-state index contributed by atoms with van der Waals surface area (Å²) in [5, 5.41) is 7.56. The maximum atomic E-state index is 13.1. The highest BCUT2D eigenvalue weighted by Gasteiger charge is 2.20. The van der Waals surface area contributed by atoms with E-state index in [0.29, 0.717) is 22.7 Å². The quantitative estimate of drug-likeness (QED) is 0.572. The van der Waals surface area contributed by atoms with Gasteiger partial charge in [-0.05, 0) is 36.4 Å². The molecule has 2 heterocycles. The molecule has 1 N–H and O–H groups in total. The Bertz CT molecular complexity index is 1090. The number of methoxy groups -OCH3 is 1. The van der Waals surface area contributed by atoms with Gasteiger partial charge < -0.3 is 10.1 Å². The summed E-state index contributed by atoms with van der Waals surface area (Å²) in [6.07, 6.45) is 5.10. The van der Waals surface area contributed by atoms with Gasteiger partial charge in [0.2, 0.25) is 0 Å². The highest BCUT2D eigenvalue weighted by molar-refractivity contribution is 6.08. The van der Waals surface area contributed by atoms with Crippen molar-refractivity contribution in [2.75, 3.05) is 12.4 Å². The van der Waals surface area contributed by atoms with Gasteiger partial charge in [-0.3, -0.25) is 9.78 Å². The third kappa shape index (κ3) is 3.48. The molecule has 0 unspecified atom stereocenters. The van der Waals surface area contributed by atoms with Crippen LogP contribution < -0.4 is 10.1 Å². The molecule has 0 fully saturated rings. The number of hydrogen-bond acceptors (Lipinski definition) is 4. The Labute approximate surface area is 162 Å². The second-order valence-electron chi connectivity index (χ2n) is 6.07. The van der Waals surface area contributed by atoms with Gasteiger partial charge >= 0.3 is 0 Å². The number of rotatable bonds is 5. The zero-order valence-electron chi connectivity index (χ0n) is 15.2. The van der Waals surface area contributed by atoms with E-state index in [9.17, 15) is 4.79 Å². The van der Waals surface area contributed by atoms with Crippen molar-refractivity contribution in [2.45, 2.75) is 0 Å². The van der Waals surface area contributed by atoms with Gasteiger partial charge in [0, 0.05) is 24.2 Å². The molecule has 0 spiro atoms. The van der Waals surface area contributed by atoms with Crippen LogP contribution in [0.15, 0.2) is 85.3 Å². The smallest absolute Gasteiger partial charge is 0.259 e. The van der Waals surface area contributed by atoms with Gasteiger partial charge in [0.1, 0.15) is 11.4 Å². The molecule has 0 aliphatic carbocycles. The predicted octanol–water partition coefficient (Wildman–Crippen LogP) is 4.20. The van der Waals surface area contributed by atoms with E-state index in [-0.39, 0.29) is 5.91 Å². The van der Waals surface area contributed by atoms with Crippen LogP contribution in [0.1, 0.15) is 10.4 Å². The molecule has 1 amide bonds. The molecule has 0 bridgehead atoms. The molecule has 0 aliphatic rings. The molecule has 28 heavy (non-hydrogen) atoms. The van der Waals surface area contributed by atoms with Gasteiger partial charge in [-0.2, -0.15) is 5.10 Å². The van der Waals surface area contributed by atoms with Crippen molar-refractivity contribution in [3.63, 3.8) is 0 Å². The van der Waals surface area contributed by atoms with E-state index in [0.717, 1.165) is 11.3 Å². The topological polar surface area (TPSA) is 69.0 Å². The van der Waals surface area contributed by atoms with Crippen molar-refractivity contribution in [1.29, 1.82) is 0 Å².